The van der Waals surface area contributed by atoms with E-state index >= 15 is 0 Å². The third-order valence-corrected chi connectivity index (χ3v) is 3.81. The molecular weight excluding hydrogens is 250 g/mol. The molecule has 0 heterocycles. The molecule has 0 aliphatic rings. The molecule has 1 aromatic rings. The van der Waals surface area contributed by atoms with E-state index in [1.807, 2.05) is 20.0 Å². The monoisotopic (exact) mass is 279 g/mol. The summed E-state index contributed by atoms with van der Waals surface area (Å²) in [6.07, 6.45) is 0.761. The Balaban J connectivity index is 2.79. The first-order chi connectivity index (χ1) is 9.22. The molecule has 0 aromatic heterocycles. The second-order valence-corrected chi connectivity index (χ2v) is 6.82. The SMILES string of the molecule is CNC(C)(CO)CCOc1ccc(C)cc1C(C)(C)C. The molecule has 0 saturated heterocycles. The normalized spacial score (nSPS) is 14.9. The van der Waals surface area contributed by atoms with Crippen LogP contribution in [0, 0.1) is 6.92 Å². The fourth-order valence-electron chi connectivity index (χ4n) is 2.03. The molecule has 114 valence electrons. The van der Waals surface area contributed by atoms with Gasteiger partial charge in [-0.1, -0.05) is 38.5 Å². The minimum absolute atomic E-state index is 0.0602. The summed E-state index contributed by atoms with van der Waals surface area (Å²) < 4.78 is 5.97. The number of rotatable bonds is 6. The molecule has 0 radical (unpaired) electrons. The van der Waals surface area contributed by atoms with Gasteiger partial charge in [0.25, 0.3) is 0 Å². The highest BCUT2D eigenvalue weighted by Crippen LogP contribution is 2.32. The molecule has 0 saturated carbocycles. The van der Waals surface area contributed by atoms with Crippen LogP contribution in [0.25, 0.3) is 0 Å². The smallest absolute Gasteiger partial charge is 0.123 e. The molecule has 0 fully saturated rings. The van der Waals surface area contributed by atoms with Crippen LogP contribution in [0.5, 0.6) is 5.75 Å². The van der Waals surface area contributed by atoms with Crippen LogP contribution >= 0.6 is 0 Å². The fraction of sp³-hybridized carbons (Fsp3) is 0.647. The zero-order chi connectivity index (χ0) is 15.4. The molecular formula is C17H29NO2. The zero-order valence-electron chi connectivity index (χ0n) is 13.7. The Morgan fingerprint density at radius 2 is 1.85 bits per heavy atom. The van der Waals surface area contributed by atoms with Gasteiger partial charge in [0, 0.05) is 12.0 Å². The van der Waals surface area contributed by atoms with Crippen molar-refractivity contribution in [3.63, 3.8) is 0 Å². The van der Waals surface area contributed by atoms with Crippen LogP contribution in [0.3, 0.4) is 0 Å². The van der Waals surface area contributed by atoms with Crippen LogP contribution in [-0.2, 0) is 5.41 Å². The van der Waals surface area contributed by atoms with Crippen LogP contribution in [0.4, 0.5) is 0 Å². The largest absolute Gasteiger partial charge is 0.493 e. The summed E-state index contributed by atoms with van der Waals surface area (Å²) in [5.41, 5.74) is 2.25. The van der Waals surface area contributed by atoms with Gasteiger partial charge in [0.05, 0.1) is 13.2 Å². The first-order valence-corrected chi connectivity index (χ1v) is 7.25. The van der Waals surface area contributed by atoms with Gasteiger partial charge in [-0.2, -0.15) is 0 Å². The summed E-state index contributed by atoms with van der Waals surface area (Å²) >= 11 is 0. The van der Waals surface area contributed by atoms with Crippen LogP contribution in [-0.4, -0.2) is 30.9 Å². The van der Waals surface area contributed by atoms with Gasteiger partial charge in [-0.3, -0.25) is 0 Å². The lowest BCUT2D eigenvalue weighted by Crippen LogP contribution is -2.44. The molecule has 0 spiro atoms. The molecule has 0 amide bonds. The number of hydrogen-bond donors (Lipinski definition) is 2. The van der Waals surface area contributed by atoms with Gasteiger partial charge in [-0.25, -0.2) is 0 Å². The summed E-state index contributed by atoms with van der Waals surface area (Å²) in [7, 11) is 1.86. The average Bonchev–Trinajstić information content (AvgIpc) is 2.39. The van der Waals surface area contributed by atoms with E-state index in [4.69, 9.17) is 4.74 Å². The Morgan fingerprint density at radius 1 is 1.20 bits per heavy atom. The molecule has 20 heavy (non-hydrogen) atoms. The number of hydrogen-bond acceptors (Lipinski definition) is 3. The van der Waals surface area contributed by atoms with Crippen molar-refractivity contribution in [3.05, 3.63) is 29.3 Å². The van der Waals surface area contributed by atoms with E-state index in [1.165, 1.54) is 11.1 Å². The number of aliphatic hydroxyl groups excluding tert-OH is 1. The predicted octanol–water partition coefficient (Wildman–Crippen LogP) is 3.03. The van der Waals surface area contributed by atoms with Crippen molar-refractivity contribution in [1.29, 1.82) is 0 Å². The summed E-state index contributed by atoms with van der Waals surface area (Å²) in [5.74, 6) is 0.944. The summed E-state index contributed by atoms with van der Waals surface area (Å²) in [5, 5.41) is 12.5. The number of aryl methyl sites for hydroxylation is 1. The van der Waals surface area contributed by atoms with E-state index in [0.29, 0.717) is 6.61 Å². The Bertz CT molecular complexity index is 431. The molecule has 1 unspecified atom stereocenters. The summed E-state index contributed by atoms with van der Waals surface area (Å²) in [6, 6.07) is 6.32. The minimum Gasteiger partial charge on any atom is -0.493 e. The first-order valence-electron chi connectivity index (χ1n) is 7.25. The number of nitrogens with one attached hydrogen (secondary N) is 1. The van der Waals surface area contributed by atoms with Crippen molar-refractivity contribution in [2.45, 2.75) is 52.0 Å². The second-order valence-electron chi connectivity index (χ2n) is 6.82. The number of benzene rings is 1. The molecule has 3 nitrogen and oxygen atoms in total. The van der Waals surface area contributed by atoms with Gasteiger partial charge in [-0.05, 0) is 37.9 Å². The molecule has 0 aliphatic heterocycles. The Morgan fingerprint density at radius 3 is 2.35 bits per heavy atom. The number of aliphatic hydroxyl groups is 1. The van der Waals surface area contributed by atoms with Crippen LogP contribution in [0.15, 0.2) is 18.2 Å². The Labute approximate surface area is 123 Å². The quantitative estimate of drug-likeness (QED) is 0.841. The van der Waals surface area contributed by atoms with Crippen molar-refractivity contribution in [1.82, 2.24) is 5.32 Å². The van der Waals surface area contributed by atoms with E-state index in [2.05, 4.69) is 45.1 Å². The van der Waals surface area contributed by atoms with Gasteiger partial charge >= 0.3 is 0 Å². The maximum atomic E-state index is 9.38. The predicted molar refractivity (Wildman–Crippen MR) is 84.5 cm³/mol. The minimum atomic E-state index is -0.285. The Kier molecular flexibility index (Phi) is 5.60. The lowest BCUT2D eigenvalue weighted by molar-refractivity contribution is 0.150. The van der Waals surface area contributed by atoms with E-state index in [0.717, 1.165) is 12.2 Å². The van der Waals surface area contributed by atoms with Crippen molar-refractivity contribution < 1.29 is 9.84 Å². The molecule has 1 aromatic carbocycles. The molecule has 1 atom stereocenters. The van der Waals surface area contributed by atoms with Crippen molar-refractivity contribution in [3.8, 4) is 5.75 Å². The fourth-order valence-corrected chi connectivity index (χ4v) is 2.03. The maximum absolute atomic E-state index is 9.38. The topological polar surface area (TPSA) is 41.5 Å². The van der Waals surface area contributed by atoms with E-state index in [9.17, 15) is 5.11 Å². The van der Waals surface area contributed by atoms with Crippen LogP contribution < -0.4 is 10.1 Å². The van der Waals surface area contributed by atoms with Crippen LogP contribution in [0.1, 0.15) is 45.2 Å². The highest BCUT2D eigenvalue weighted by molar-refractivity contribution is 5.41. The zero-order valence-corrected chi connectivity index (χ0v) is 13.7. The molecule has 0 aliphatic carbocycles. The van der Waals surface area contributed by atoms with E-state index in [-0.39, 0.29) is 17.6 Å². The van der Waals surface area contributed by atoms with Gasteiger partial charge in [0.1, 0.15) is 5.75 Å². The van der Waals surface area contributed by atoms with Crippen molar-refractivity contribution in [2.24, 2.45) is 0 Å². The highest BCUT2D eigenvalue weighted by atomic mass is 16.5. The average molecular weight is 279 g/mol. The Hall–Kier alpha value is -1.06. The van der Waals surface area contributed by atoms with E-state index in [1.54, 1.807) is 0 Å². The number of likely N-dealkylation sites (N-methyl/N-ethyl adjacent to an activating group) is 1. The summed E-state index contributed by atoms with van der Waals surface area (Å²) in [4.78, 5) is 0. The highest BCUT2D eigenvalue weighted by Gasteiger charge is 2.22. The lowest BCUT2D eigenvalue weighted by atomic mass is 9.85. The lowest BCUT2D eigenvalue weighted by Gasteiger charge is -2.28. The van der Waals surface area contributed by atoms with Gasteiger partial charge < -0.3 is 15.2 Å². The van der Waals surface area contributed by atoms with Gasteiger partial charge in [0.2, 0.25) is 0 Å². The number of ether oxygens (including phenoxy) is 1. The first kappa shape index (κ1) is 17.0. The second kappa shape index (κ2) is 6.59. The van der Waals surface area contributed by atoms with Gasteiger partial charge in [0.15, 0.2) is 0 Å². The third-order valence-electron chi connectivity index (χ3n) is 3.81. The third kappa shape index (κ3) is 4.50. The standard InChI is InChI=1S/C17H29NO2/c1-13-7-8-15(14(11-13)16(2,3)4)20-10-9-17(5,12-19)18-6/h7-8,11,18-19H,9-10,12H2,1-6H3. The van der Waals surface area contributed by atoms with Gasteiger partial charge in [-0.15, -0.1) is 0 Å². The molecule has 1 rings (SSSR count). The molecule has 3 heteroatoms. The molecule has 2 N–H and O–H groups in total. The van der Waals surface area contributed by atoms with Crippen molar-refractivity contribution in [2.75, 3.05) is 20.3 Å². The molecule has 0 bridgehead atoms. The summed E-state index contributed by atoms with van der Waals surface area (Å²) in [6.45, 7) is 11.4. The van der Waals surface area contributed by atoms with Crippen LogP contribution in [0.2, 0.25) is 0 Å². The van der Waals surface area contributed by atoms with Crippen molar-refractivity contribution >= 4 is 0 Å². The maximum Gasteiger partial charge on any atom is 0.123 e. The van der Waals surface area contributed by atoms with E-state index < -0.39 is 0 Å².